The van der Waals surface area contributed by atoms with E-state index in [4.69, 9.17) is 0 Å². The molecule has 0 aliphatic carbocycles. The Morgan fingerprint density at radius 3 is 2.50 bits per heavy atom. The van der Waals surface area contributed by atoms with Crippen LogP contribution in [0.1, 0.15) is 0 Å². The van der Waals surface area contributed by atoms with Gasteiger partial charge in [0, 0.05) is 0 Å². The summed E-state index contributed by atoms with van der Waals surface area (Å²) in [7, 11) is 0. The number of hydrogen-bond donors (Lipinski definition) is 0. The molecule has 0 unspecified atom stereocenters. The molecule has 1 heteroatoms. The van der Waals surface area contributed by atoms with Gasteiger partial charge >= 0.3 is 46.0 Å². The van der Waals surface area contributed by atoms with Crippen LogP contribution in [-0.2, 0) is 17.1 Å². The second-order valence-electron chi connectivity index (χ2n) is 1.07. The van der Waals surface area contributed by atoms with Crippen molar-refractivity contribution < 1.29 is 17.1 Å². The predicted octanol–water partition coefficient (Wildman–Crippen LogP) is 1.82. The average Bonchev–Trinajstić information content (AvgIpc) is 1.61. The molecule has 0 heterocycles. The third-order valence-corrected chi connectivity index (χ3v) is 2.07. The molecule has 0 atom stereocenters. The molecule has 0 nitrogen and oxygen atoms in total. The Morgan fingerprint density at radius 1 is 1.67 bits per heavy atom. The molecular weight excluding hydrogens is 125 g/mol. The van der Waals surface area contributed by atoms with E-state index in [0.29, 0.717) is 0 Å². The summed E-state index contributed by atoms with van der Waals surface area (Å²) in [4.78, 5) is 0. The molecule has 0 bridgehead atoms. The third-order valence-electron chi connectivity index (χ3n) is 0.508. The Balaban J connectivity index is 2.94. The normalized spacial score (nSPS) is 8.17. The first-order valence-corrected chi connectivity index (χ1v) is 6.87. The summed E-state index contributed by atoms with van der Waals surface area (Å²) in [6.07, 6.45) is 3.86. The van der Waals surface area contributed by atoms with Gasteiger partial charge in [0.25, 0.3) is 0 Å². The summed E-state index contributed by atoms with van der Waals surface area (Å²) in [6.45, 7) is 3.54. The van der Waals surface area contributed by atoms with Gasteiger partial charge in [-0.3, -0.25) is 0 Å². The van der Waals surface area contributed by atoms with Gasteiger partial charge in [0.1, 0.15) is 0 Å². The SMILES string of the molecule is C=C/C=[CH]/[Zn][CH3]. The van der Waals surface area contributed by atoms with Crippen molar-refractivity contribution in [1.82, 2.24) is 0 Å². The average molecular weight is 134 g/mol. The van der Waals surface area contributed by atoms with Gasteiger partial charge in [0.2, 0.25) is 0 Å². The first-order valence-electron chi connectivity index (χ1n) is 2.19. The molecular formula is C5H8Zn. The van der Waals surface area contributed by atoms with E-state index >= 15 is 0 Å². The first-order chi connectivity index (χ1) is 2.91. The molecule has 0 amide bonds. The fraction of sp³-hybridized carbons (Fsp3) is 0.200. The summed E-state index contributed by atoms with van der Waals surface area (Å²) in [5.74, 6) is 0. The Morgan fingerprint density at radius 2 is 2.33 bits per heavy atom. The van der Waals surface area contributed by atoms with E-state index in [1.807, 2.05) is 12.2 Å². The molecule has 0 aromatic carbocycles. The van der Waals surface area contributed by atoms with E-state index in [-0.39, 0.29) is 17.1 Å². The van der Waals surface area contributed by atoms with Crippen molar-refractivity contribution in [3.63, 3.8) is 0 Å². The van der Waals surface area contributed by atoms with Gasteiger partial charge in [-0.1, -0.05) is 0 Å². The van der Waals surface area contributed by atoms with Crippen molar-refractivity contribution in [2.75, 3.05) is 0 Å². The van der Waals surface area contributed by atoms with E-state index in [1.165, 1.54) is 0 Å². The molecule has 6 heavy (non-hydrogen) atoms. The number of allylic oxidation sites excluding steroid dienone is 2. The molecule has 0 rings (SSSR count). The Bertz CT molecular complexity index is 55.0. The first kappa shape index (κ1) is 6.10. The maximum atomic E-state index is 3.54. The topological polar surface area (TPSA) is 0 Å². The van der Waals surface area contributed by atoms with Gasteiger partial charge in [0.15, 0.2) is 0 Å². The van der Waals surface area contributed by atoms with Crippen LogP contribution in [0.4, 0.5) is 0 Å². The monoisotopic (exact) mass is 132 g/mol. The van der Waals surface area contributed by atoms with Crippen molar-refractivity contribution in [1.29, 1.82) is 0 Å². The Labute approximate surface area is 46.5 Å². The summed E-state index contributed by atoms with van der Waals surface area (Å²) in [5, 5.41) is 0. The summed E-state index contributed by atoms with van der Waals surface area (Å²) in [6, 6.07) is 0. The fourth-order valence-electron chi connectivity index (χ4n) is 0.232. The van der Waals surface area contributed by atoms with Crippen LogP contribution in [0.3, 0.4) is 0 Å². The van der Waals surface area contributed by atoms with Gasteiger partial charge in [-0.25, -0.2) is 0 Å². The van der Waals surface area contributed by atoms with Crippen LogP contribution in [-0.4, -0.2) is 0 Å². The molecule has 0 aliphatic heterocycles. The predicted molar refractivity (Wildman–Crippen MR) is 25.2 cm³/mol. The molecule has 0 aromatic rings. The van der Waals surface area contributed by atoms with Crippen molar-refractivity contribution in [3.8, 4) is 0 Å². The molecule has 0 aromatic heterocycles. The van der Waals surface area contributed by atoms with Crippen molar-refractivity contribution >= 4 is 0 Å². The van der Waals surface area contributed by atoms with Crippen LogP contribution in [0.25, 0.3) is 0 Å². The van der Waals surface area contributed by atoms with Gasteiger partial charge in [-0.05, 0) is 0 Å². The number of rotatable bonds is 2. The maximum absolute atomic E-state index is 3.54. The summed E-state index contributed by atoms with van der Waals surface area (Å²) in [5.41, 5.74) is 2.28. The van der Waals surface area contributed by atoms with Crippen LogP contribution >= 0.6 is 0 Å². The second kappa shape index (κ2) is 5.10. The molecule has 0 radical (unpaired) electrons. The van der Waals surface area contributed by atoms with Crippen molar-refractivity contribution in [2.24, 2.45) is 0 Å². The van der Waals surface area contributed by atoms with Gasteiger partial charge in [0.05, 0.1) is 0 Å². The second-order valence-corrected chi connectivity index (χ2v) is 3.77. The van der Waals surface area contributed by atoms with Crippen LogP contribution < -0.4 is 0 Å². The quantitative estimate of drug-likeness (QED) is 0.398. The zero-order valence-corrected chi connectivity index (χ0v) is 7.11. The Hall–Kier alpha value is 0.103. The number of hydrogen-bond acceptors (Lipinski definition) is 0. The van der Waals surface area contributed by atoms with Crippen LogP contribution in [0.2, 0.25) is 5.52 Å². The van der Waals surface area contributed by atoms with E-state index in [0.717, 1.165) is 0 Å². The minimum absolute atomic E-state index is 0.182. The zero-order chi connectivity index (χ0) is 4.83. The zero-order valence-electron chi connectivity index (χ0n) is 4.15. The van der Waals surface area contributed by atoms with E-state index in [2.05, 4.69) is 16.8 Å². The summed E-state index contributed by atoms with van der Waals surface area (Å²) < 4.78 is 2.25. The summed E-state index contributed by atoms with van der Waals surface area (Å²) >= 11 is -0.182. The Kier molecular flexibility index (Phi) is 5.19. The van der Waals surface area contributed by atoms with E-state index < -0.39 is 0 Å². The molecule has 0 saturated heterocycles. The fourth-order valence-corrected chi connectivity index (χ4v) is 1.21. The molecule has 0 N–H and O–H groups in total. The standard InChI is InChI=1S/C4H5.CH3.Zn/c1-3-4-2;;/h1,3-4H,2H2;1H3;. The van der Waals surface area contributed by atoms with Gasteiger partial charge < -0.3 is 0 Å². The third kappa shape index (κ3) is 4.10. The van der Waals surface area contributed by atoms with Gasteiger partial charge in [-0.15, -0.1) is 0 Å². The molecule has 0 aliphatic rings. The molecule has 0 saturated carbocycles. The van der Waals surface area contributed by atoms with Crippen molar-refractivity contribution in [3.05, 3.63) is 23.4 Å². The van der Waals surface area contributed by atoms with Gasteiger partial charge in [-0.2, -0.15) is 0 Å². The van der Waals surface area contributed by atoms with Crippen LogP contribution in [0.5, 0.6) is 0 Å². The van der Waals surface area contributed by atoms with E-state index in [9.17, 15) is 0 Å². The van der Waals surface area contributed by atoms with Crippen LogP contribution in [0, 0.1) is 0 Å². The van der Waals surface area contributed by atoms with E-state index in [1.54, 1.807) is 0 Å². The van der Waals surface area contributed by atoms with Crippen molar-refractivity contribution in [2.45, 2.75) is 5.52 Å². The van der Waals surface area contributed by atoms with Crippen LogP contribution in [0.15, 0.2) is 23.4 Å². The molecule has 30 valence electrons. The molecule has 0 spiro atoms. The molecule has 0 fully saturated rings. The minimum atomic E-state index is -0.182.